The molecule has 106 valence electrons. The number of nitrogens with one attached hydrogen (secondary N) is 1. The predicted octanol–water partition coefficient (Wildman–Crippen LogP) is 5.13. The zero-order valence-corrected chi connectivity index (χ0v) is 12.9. The van der Waals surface area contributed by atoms with Crippen LogP contribution in [0.3, 0.4) is 0 Å². The summed E-state index contributed by atoms with van der Waals surface area (Å²) in [4.78, 5) is 1.54. The number of rotatable bonds is 2. The van der Waals surface area contributed by atoms with Crippen molar-refractivity contribution in [2.45, 2.75) is 18.6 Å². The Morgan fingerprint density at radius 3 is 2.90 bits per heavy atom. The quantitative estimate of drug-likeness (QED) is 0.811. The molecule has 0 aromatic heterocycles. The Morgan fingerprint density at radius 1 is 1.19 bits per heavy atom. The molecular formula is C19H19NS. The Bertz CT molecular complexity index is 666. The first kappa shape index (κ1) is 13.0. The standard InChI is InChI=1S/C19H19NS/c1-13-7-5-10-15-16-11-6-12-17(19(16)21-18(13)15)20-14-8-3-2-4-9-14/h2-10,12,15-16,18,20H,11H2,1H3. The largest absolute Gasteiger partial charge is 0.355 e. The van der Waals surface area contributed by atoms with E-state index in [-0.39, 0.29) is 0 Å². The van der Waals surface area contributed by atoms with E-state index >= 15 is 0 Å². The molecule has 1 fully saturated rings. The molecule has 1 saturated heterocycles. The molecule has 1 aromatic carbocycles. The van der Waals surface area contributed by atoms with Gasteiger partial charge in [0.2, 0.25) is 0 Å². The zero-order valence-electron chi connectivity index (χ0n) is 12.1. The minimum Gasteiger partial charge on any atom is -0.355 e. The van der Waals surface area contributed by atoms with Crippen molar-refractivity contribution in [3.8, 4) is 0 Å². The highest BCUT2D eigenvalue weighted by Gasteiger charge is 2.42. The second-order valence-corrected chi connectivity index (χ2v) is 7.11. The van der Waals surface area contributed by atoms with E-state index in [0.29, 0.717) is 17.1 Å². The maximum absolute atomic E-state index is 3.61. The van der Waals surface area contributed by atoms with Crippen molar-refractivity contribution in [1.82, 2.24) is 0 Å². The summed E-state index contributed by atoms with van der Waals surface area (Å²) in [7, 11) is 0. The summed E-state index contributed by atoms with van der Waals surface area (Å²) in [6.07, 6.45) is 12.7. The fourth-order valence-electron chi connectivity index (χ4n) is 3.47. The van der Waals surface area contributed by atoms with Crippen LogP contribution in [0.1, 0.15) is 13.3 Å². The van der Waals surface area contributed by atoms with Gasteiger partial charge >= 0.3 is 0 Å². The lowest BCUT2D eigenvalue weighted by Crippen LogP contribution is -2.20. The van der Waals surface area contributed by atoms with Crippen LogP contribution in [0.5, 0.6) is 0 Å². The summed E-state index contributed by atoms with van der Waals surface area (Å²) < 4.78 is 0. The molecule has 0 amide bonds. The second-order valence-electron chi connectivity index (χ2n) is 5.92. The summed E-state index contributed by atoms with van der Waals surface area (Å²) in [6.45, 7) is 2.27. The van der Waals surface area contributed by atoms with E-state index in [1.807, 2.05) is 0 Å². The number of para-hydroxylation sites is 1. The molecule has 0 bridgehead atoms. The average molecular weight is 293 g/mol. The molecule has 2 aliphatic carbocycles. The van der Waals surface area contributed by atoms with Crippen LogP contribution in [0.15, 0.2) is 76.9 Å². The van der Waals surface area contributed by atoms with Gasteiger partial charge in [-0.25, -0.2) is 0 Å². The van der Waals surface area contributed by atoms with Crippen LogP contribution >= 0.6 is 11.8 Å². The number of hydrogen-bond acceptors (Lipinski definition) is 2. The second kappa shape index (κ2) is 5.27. The molecule has 1 N–H and O–H groups in total. The fourth-order valence-corrected chi connectivity index (χ4v) is 5.12. The zero-order chi connectivity index (χ0) is 14.2. The van der Waals surface area contributed by atoms with Gasteiger partial charge in [0.1, 0.15) is 0 Å². The van der Waals surface area contributed by atoms with E-state index in [2.05, 4.69) is 84.7 Å². The van der Waals surface area contributed by atoms with Gasteiger partial charge in [-0.1, -0.05) is 48.1 Å². The summed E-state index contributed by atoms with van der Waals surface area (Å²) in [5.74, 6) is 1.31. The molecule has 0 radical (unpaired) electrons. The Labute approximate surface area is 130 Å². The highest BCUT2D eigenvalue weighted by Crippen LogP contribution is 2.54. The van der Waals surface area contributed by atoms with E-state index in [4.69, 9.17) is 0 Å². The van der Waals surface area contributed by atoms with Gasteiger partial charge < -0.3 is 5.32 Å². The monoisotopic (exact) mass is 293 g/mol. The maximum atomic E-state index is 3.61. The van der Waals surface area contributed by atoms with Crippen LogP contribution in [-0.4, -0.2) is 5.25 Å². The van der Waals surface area contributed by atoms with Crippen molar-refractivity contribution in [2.75, 3.05) is 5.32 Å². The Balaban J connectivity index is 1.68. The van der Waals surface area contributed by atoms with Crippen LogP contribution in [0.4, 0.5) is 5.69 Å². The third-order valence-corrected chi connectivity index (χ3v) is 6.26. The molecule has 0 saturated carbocycles. The molecular weight excluding hydrogens is 274 g/mol. The van der Waals surface area contributed by atoms with Gasteiger partial charge in [-0.3, -0.25) is 0 Å². The van der Waals surface area contributed by atoms with E-state index in [0.717, 1.165) is 0 Å². The van der Waals surface area contributed by atoms with Crippen LogP contribution in [0, 0.1) is 11.8 Å². The summed E-state index contributed by atoms with van der Waals surface area (Å²) in [6, 6.07) is 10.5. The molecule has 4 rings (SSSR count). The van der Waals surface area contributed by atoms with E-state index in [1.54, 1.807) is 0 Å². The summed E-state index contributed by atoms with van der Waals surface area (Å²) in [5, 5.41) is 4.23. The van der Waals surface area contributed by atoms with Crippen molar-refractivity contribution in [3.63, 3.8) is 0 Å². The minimum absolute atomic E-state index is 0.627. The van der Waals surface area contributed by atoms with Crippen molar-refractivity contribution >= 4 is 17.4 Å². The van der Waals surface area contributed by atoms with E-state index in [1.165, 1.54) is 28.3 Å². The lowest BCUT2D eigenvalue weighted by Gasteiger charge is -2.24. The lowest BCUT2D eigenvalue weighted by atomic mass is 9.80. The predicted molar refractivity (Wildman–Crippen MR) is 92.1 cm³/mol. The first-order valence-corrected chi connectivity index (χ1v) is 8.45. The third-order valence-electron chi connectivity index (χ3n) is 4.54. The third kappa shape index (κ3) is 2.28. The molecule has 3 atom stereocenters. The molecule has 1 aromatic rings. The van der Waals surface area contributed by atoms with E-state index in [9.17, 15) is 0 Å². The number of hydrogen-bond donors (Lipinski definition) is 1. The number of benzene rings is 1. The van der Waals surface area contributed by atoms with Crippen LogP contribution < -0.4 is 5.32 Å². The number of fused-ring (bicyclic) bond motifs is 3. The Morgan fingerprint density at radius 2 is 2.05 bits per heavy atom. The van der Waals surface area contributed by atoms with Gasteiger partial charge in [-0.15, -0.1) is 11.8 Å². The molecule has 21 heavy (non-hydrogen) atoms. The number of allylic oxidation sites excluding steroid dienone is 6. The van der Waals surface area contributed by atoms with Crippen molar-refractivity contribution in [2.24, 2.45) is 11.8 Å². The number of thioether (sulfide) groups is 1. The van der Waals surface area contributed by atoms with Gasteiger partial charge in [0, 0.05) is 33.4 Å². The smallest absolute Gasteiger partial charge is 0.0481 e. The molecule has 0 spiro atoms. The normalized spacial score (nSPS) is 30.0. The minimum atomic E-state index is 0.627. The van der Waals surface area contributed by atoms with Crippen molar-refractivity contribution < 1.29 is 0 Å². The Kier molecular flexibility index (Phi) is 3.27. The van der Waals surface area contributed by atoms with Gasteiger partial charge in [0.15, 0.2) is 0 Å². The van der Waals surface area contributed by atoms with Crippen LogP contribution in [0.2, 0.25) is 0 Å². The lowest BCUT2D eigenvalue weighted by molar-refractivity contribution is 0.489. The highest BCUT2D eigenvalue weighted by atomic mass is 32.2. The van der Waals surface area contributed by atoms with Gasteiger partial charge in [-0.2, -0.15) is 0 Å². The Hall–Kier alpha value is -1.67. The topological polar surface area (TPSA) is 12.0 Å². The molecule has 3 aliphatic rings. The summed E-state index contributed by atoms with van der Waals surface area (Å²) >= 11 is 2.06. The average Bonchev–Trinajstić information content (AvgIpc) is 2.90. The molecule has 2 heteroatoms. The van der Waals surface area contributed by atoms with Gasteiger partial charge in [0.05, 0.1) is 0 Å². The summed E-state index contributed by atoms with van der Waals surface area (Å²) in [5.41, 5.74) is 3.97. The van der Waals surface area contributed by atoms with E-state index < -0.39 is 0 Å². The molecule has 1 heterocycles. The van der Waals surface area contributed by atoms with Crippen molar-refractivity contribution in [1.29, 1.82) is 0 Å². The van der Waals surface area contributed by atoms with Gasteiger partial charge in [0.25, 0.3) is 0 Å². The number of anilines is 1. The fraction of sp³-hybridized carbons (Fsp3) is 0.263. The molecule has 3 unspecified atom stereocenters. The van der Waals surface area contributed by atoms with Crippen LogP contribution in [-0.2, 0) is 0 Å². The molecule has 1 aliphatic heterocycles. The SMILES string of the molecule is CC1=CC=CC2C3CC=CC(Nc4ccccc4)=C3SC12. The molecule has 1 nitrogen and oxygen atoms in total. The first-order valence-electron chi connectivity index (χ1n) is 7.57. The highest BCUT2D eigenvalue weighted by molar-refractivity contribution is 8.04. The van der Waals surface area contributed by atoms with Crippen molar-refractivity contribution in [3.05, 3.63) is 76.9 Å². The maximum Gasteiger partial charge on any atom is 0.0481 e. The van der Waals surface area contributed by atoms with Gasteiger partial charge in [-0.05, 0) is 31.6 Å². The van der Waals surface area contributed by atoms with Crippen LogP contribution in [0.25, 0.3) is 0 Å². The first-order chi connectivity index (χ1) is 10.3.